The van der Waals surface area contributed by atoms with E-state index < -0.39 is 29.6 Å². The maximum absolute atomic E-state index is 11.8. The number of nitrogens with zero attached hydrogens (tertiary/aromatic N) is 1. The van der Waals surface area contributed by atoms with Crippen LogP contribution < -0.4 is 11.2 Å². The molecule has 0 saturated carbocycles. The Labute approximate surface area is 120 Å². The number of carbonyl (C=O) groups is 1. The van der Waals surface area contributed by atoms with Gasteiger partial charge >= 0.3 is 11.7 Å². The normalized spacial score (nSPS) is 25.6. The standard InChI is InChI=1S/C12H16N2O5S/c1-6-4-14(12(17)13-11(6)16)10-3-8(18-7(2)15)9(5-20)19-10/h4,8-10,20H,3,5H2,1-2H3,(H,13,16,17)/t8-,9+,10+/m0/s1. The third-order valence-electron chi connectivity index (χ3n) is 3.13. The highest BCUT2D eigenvalue weighted by Gasteiger charge is 2.38. The fourth-order valence-corrected chi connectivity index (χ4v) is 2.49. The first-order chi connectivity index (χ1) is 9.42. The van der Waals surface area contributed by atoms with E-state index in [2.05, 4.69) is 17.6 Å². The fraction of sp³-hybridized carbons (Fsp3) is 0.583. The van der Waals surface area contributed by atoms with Gasteiger partial charge in [-0.25, -0.2) is 4.79 Å². The van der Waals surface area contributed by atoms with Gasteiger partial charge in [-0.05, 0) is 6.92 Å². The van der Waals surface area contributed by atoms with Gasteiger partial charge in [-0.1, -0.05) is 0 Å². The molecule has 0 radical (unpaired) electrons. The molecule has 1 saturated heterocycles. The molecule has 1 aromatic heterocycles. The molecular formula is C12H16N2O5S. The number of carbonyl (C=O) groups excluding carboxylic acids is 1. The molecule has 1 N–H and O–H groups in total. The fourth-order valence-electron chi connectivity index (χ4n) is 2.17. The highest BCUT2D eigenvalue weighted by atomic mass is 32.1. The number of hydrogen-bond acceptors (Lipinski definition) is 6. The van der Waals surface area contributed by atoms with Crippen molar-refractivity contribution in [1.29, 1.82) is 0 Å². The van der Waals surface area contributed by atoms with Crippen molar-refractivity contribution in [3.63, 3.8) is 0 Å². The lowest BCUT2D eigenvalue weighted by Crippen LogP contribution is -2.33. The SMILES string of the molecule is CC(=O)O[C@H]1C[C@H](n2cc(C)c(=O)[nH]c2=O)O[C@@H]1CS. The second-order valence-electron chi connectivity index (χ2n) is 4.67. The molecule has 0 bridgehead atoms. The minimum absolute atomic E-state index is 0.343. The van der Waals surface area contributed by atoms with Crippen molar-refractivity contribution in [2.45, 2.75) is 38.7 Å². The number of aryl methyl sites for hydroxylation is 1. The van der Waals surface area contributed by atoms with E-state index in [-0.39, 0.29) is 6.10 Å². The second-order valence-corrected chi connectivity index (χ2v) is 5.04. The summed E-state index contributed by atoms with van der Waals surface area (Å²) in [5.74, 6) is -0.0399. The Morgan fingerprint density at radius 1 is 1.60 bits per heavy atom. The van der Waals surface area contributed by atoms with E-state index in [1.54, 1.807) is 6.92 Å². The van der Waals surface area contributed by atoms with Gasteiger partial charge in [0.25, 0.3) is 5.56 Å². The van der Waals surface area contributed by atoms with Crippen LogP contribution in [0.1, 0.15) is 25.1 Å². The first kappa shape index (κ1) is 14.9. The summed E-state index contributed by atoms with van der Waals surface area (Å²) in [7, 11) is 0. The van der Waals surface area contributed by atoms with Crippen molar-refractivity contribution in [1.82, 2.24) is 9.55 Å². The van der Waals surface area contributed by atoms with Crippen LogP contribution in [0.2, 0.25) is 0 Å². The number of esters is 1. The van der Waals surface area contributed by atoms with Crippen LogP contribution in [0.4, 0.5) is 0 Å². The maximum Gasteiger partial charge on any atom is 0.330 e. The molecule has 3 atom stereocenters. The molecule has 0 spiro atoms. The average molecular weight is 300 g/mol. The van der Waals surface area contributed by atoms with Gasteiger partial charge in [0.05, 0.1) is 0 Å². The lowest BCUT2D eigenvalue weighted by Gasteiger charge is -2.15. The maximum atomic E-state index is 11.8. The van der Waals surface area contributed by atoms with Crippen LogP contribution in [0.25, 0.3) is 0 Å². The smallest absolute Gasteiger partial charge is 0.330 e. The Balaban J connectivity index is 2.27. The number of H-pyrrole nitrogens is 1. The first-order valence-electron chi connectivity index (χ1n) is 6.18. The molecule has 0 unspecified atom stereocenters. The Hall–Kier alpha value is -1.54. The van der Waals surface area contributed by atoms with Crippen LogP contribution in [-0.4, -0.2) is 33.5 Å². The molecule has 0 aliphatic carbocycles. The summed E-state index contributed by atoms with van der Waals surface area (Å²) >= 11 is 4.15. The van der Waals surface area contributed by atoms with Crippen LogP contribution in [0.5, 0.6) is 0 Å². The summed E-state index contributed by atoms with van der Waals surface area (Å²) in [5.41, 5.74) is -0.565. The van der Waals surface area contributed by atoms with Crippen LogP contribution in [0, 0.1) is 6.92 Å². The predicted molar refractivity (Wildman–Crippen MR) is 74.0 cm³/mol. The summed E-state index contributed by atoms with van der Waals surface area (Å²) in [5, 5.41) is 0. The molecule has 2 rings (SSSR count). The molecule has 0 aromatic carbocycles. The Kier molecular flexibility index (Phi) is 4.34. The summed E-state index contributed by atoms with van der Waals surface area (Å²) in [6.07, 6.45) is 0.369. The van der Waals surface area contributed by atoms with Crippen LogP contribution in [0.15, 0.2) is 15.8 Å². The number of aromatic nitrogens is 2. The zero-order valence-electron chi connectivity index (χ0n) is 11.2. The van der Waals surface area contributed by atoms with Crippen LogP contribution in [-0.2, 0) is 14.3 Å². The molecule has 0 amide bonds. The lowest BCUT2D eigenvalue weighted by atomic mass is 10.2. The predicted octanol–water partition coefficient (Wildman–Crippen LogP) is -0.00598. The van der Waals surface area contributed by atoms with Crippen molar-refractivity contribution in [2.75, 3.05) is 5.75 Å². The Morgan fingerprint density at radius 3 is 2.90 bits per heavy atom. The third kappa shape index (κ3) is 2.96. The third-order valence-corrected chi connectivity index (χ3v) is 3.49. The molecule has 7 nitrogen and oxygen atoms in total. The van der Waals surface area contributed by atoms with Crippen LogP contribution >= 0.6 is 12.6 Å². The number of ether oxygens (including phenoxy) is 2. The average Bonchev–Trinajstić information content (AvgIpc) is 2.75. The molecule has 110 valence electrons. The van der Waals surface area contributed by atoms with E-state index in [9.17, 15) is 14.4 Å². The number of nitrogens with one attached hydrogen (secondary N) is 1. The molecule has 2 heterocycles. The number of hydrogen-bond donors (Lipinski definition) is 2. The van der Waals surface area contributed by atoms with Crippen molar-refractivity contribution < 1.29 is 14.3 Å². The van der Waals surface area contributed by atoms with Crippen molar-refractivity contribution in [3.8, 4) is 0 Å². The van der Waals surface area contributed by atoms with Gasteiger partial charge in [0.1, 0.15) is 18.4 Å². The van der Waals surface area contributed by atoms with Gasteiger partial charge < -0.3 is 9.47 Å². The van der Waals surface area contributed by atoms with Gasteiger partial charge in [0.15, 0.2) is 0 Å². The highest BCUT2D eigenvalue weighted by Crippen LogP contribution is 2.30. The lowest BCUT2D eigenvalue weighted by molar-refractivity contribution is -0.148. The summed E-state index contributed by atoms with van der Waals surface area (Å²) in [6.45, 7) is 2.92. The Bertz CT molecular complexity index is 623. The summed E-state index contributed by atoms with van der Waals surface area (Å²) in [6, 6.07) is 0. The zero-order chi connectivity index (χ0) is 14.9. The monoisotopic (exact) mass is 300 g/mol. The largest absolute Gasteiger partial charge is 0.460 e. The number of rotatable bonds is 3. The molecule has 8 heteroatoms. The summed E-state index contributed by atoms with van der Waals surface area (Å²) in [4.78, 5) is 36.4. The molecule has 1 aromatic rings. The van der Waals surface area contributed by atoms with E-state index in [1.807, 2.05) is 0 Å². The van der Waals surface area contributed by atoms with E-state index in [4.69, 9.17) is 9.47 Å². The number of aromatic amines is 1. The van der Waals surface area contributed by atoms with Crippen molar-refractivity contribution >= 4 is 18.6 Å². The zero-order valence-corrected chi connectivity index (χ0v) is 12.1. The topological polar surface area (TPSA) is 90.4 Å². The first-order valence-corrected chi connectivity index (χ1v) is 6.81. The van der Waals surface area contributed by atoms with Gasteiger partial charge in [0.2, 0.25) is 0 Å². The highest BCUT2D eigenvalue weighted by molar-refractivity contribution is 7.80. The van der Waals surface area contributed by atoms with E-state index in [0.717, 1.165) is 0 Å². The van der Waals surface area contributed by atoms with E-state index in [0.29, 0.717) is 17.7 Å². The second kappa shape index (κ2) is 5.84. The van der Waals surface area contributed by atoms with Crippen molar-refractivity contribution in [3.05, 3.63) is 32.6 Å². The van der Waals surface area contributed by atoms with Gasteiger partial charge in [-0.15, -0.1) is 0 Å². The van der Waals surface area contributed by atoms with E-state index >= 15 is 0 Å². The quantitative estimate of drug-likeness (QED) is 0.605. The molecule has 1 fully saturated rings. The van der Waals surface area contributed by atoms with Gasteiger partial charge in [-0.3, -0.25) is 19.1 Å². The van der Waals surface area contributed by atoms with Gasteiger partial charge in [-0.2, -0.15) is 12.6 Å². The minimum atomic E-state index is -0.584. The molecule has 20 heavy (non-hydrogen) atoms. The molecule has 1 aliphatic heterocycles. The Morgan fingerprint density at radius 2 is 2.30 bits per heavy atom. The molecule has 1 aliphatic rings. The van der Waals surface area contributed by atoms with Crippen LogP contribution in [0.3, 0.4) is 0 Å². The summed E-state index contributed by atoms with van der Waals surface area (Å²) < 4.78 is 12.1. The van der Waals surface area contributed by atoms with E-state index in [1.165, 1.54) is 17.7 Å². The van der Waals surface area contributed by atoms with Gasteiger partial charge in [0, 0.05) is 30.9 Å². The minimum Gasteiger partial charge on any atom is -0.460 e. The molecular weight excluding hydrogens is 284 g/mol. The number of thiol groups is 1. The van der Waals surface area contributed by atoms with Crippen molar-refractivity contribution in [2.24, 2.45) is 0 Å².